The molecule has 0 fully saturated rings. The van der Waals surface area contributed by atoms with Gasteiger partial charge in [-0.3, -0.25) is 0 Å². The Bertz CT molecular complexity index is 2000. The van der Waals surface area contributed by atoms with Crippen molar-refractivity contribution in [2.24, 2.45) is 0 Å². The Morgan fingerprint density at radius 1 is 0.812 bits per heavy atom. The molecule has 1 heterocycles. The van der Waals surface area contributed by atoms with Crippen molar-refractivity contribution in [2.45, 2.75) is 32.6 Å². The fourth-order valence-corrected chi connectivity index (χ4v) is 6.44. The van der Waals surface area contributed by atoms with E-state index in [2.05, 4.69) is 41.4 Å². The Labute approximate surface area is 281 Å². The molecular formula is C37H41N4O6P. The molecule has 11 heteroatoms. The summed E-state index contributed by atoms with van der Waals surface area (Å²) >= 11 is 0. The third-order valence-electron chi connectivity index (χ3n) is 7.77. The highest BCUT2D eigenvalue weighted by Crippen LogP contribution is 2.43. The zero-order chi connectivity index (χ0) is 34.6. The van der Waals surface area contributed by atoms with Crippen molar-refractivity contribution in [2.75, 3.05) is 45.3 Å². The molecule has 0 saturated carbocycles. The number of aromatic nitrogens is 2. The molecule has 4 aromatic carbocycles. The molecule has 0 saturated heterocycles. The summed E-state index contributed by atoms with van der Waals surface area (Å²) in [6.45, 7) is 9.58. The van der Waals surface area contributed by atoms with Crippen molar-refractivity contribution in [3.63, 3.8) is 0 Å². The van der Waals surface area contributed by atoms with E-state index in [0.29, 0.717) is 57.8 Å². The van der Waals surface area contributed by atoms with Crippen LogP contribution in [-0.4, -0.2) is 50.7 Å². The number of carbonyl (C=O) groups is 1. The van der Waals surface area contributed by atoms with Crippen LogP contribution in [0.2, 0.25) is 0 Å². The van der Waals surface area contributed by atoms with E-state index >= 15 is 0 Å². The molecule has 0 unspecified atom stereocenters. The fourth-order valence-electron chi connectivity index (χ4n) is 5.29. The average molecular weight is 669 g/mol. The summed E-state index contributed by atoms with van der Waals surface area (Å²) in [6.07, 6.45) is 2.10. The quantitative estimate of drug-likeness (QED) is 0.143. The molecule has 5 aromatic rings. The minimum Gasteiger partial charge on any atom is -0.497 e. The Balaban J connectivity index is 1.40. The van der Waals surface area contributed by atoms with Crippen molar-refractivity contribution in [1.29, 1.82) is 0 Å². The molecule has 0 spiro atoms. The van der Waals surface area contributed by atoms with Crippen LogP contribution in [0.1, 0.15) is 37.7 Å². The minimum absolute atomic E-state index is 0.248. The predicted molar refractivity (Wildman–Crippen MR) is 192 cm³/mol. The summed E-state index contributed by atoms with van der Waals surface area (Å²) in [5.41, 5.74) is 2.63. The first-order valence-corrected chi connectivity index (χ1v) is 18.0. The Morgan fingerprint density at radius 3 is 2.10 bits per heavy atom. The number of hydrogen-bond acceptors (Lipinski definition) is 8. The monoisotopic (exact) mass is 668 g/mol. The summed E-state index contributed by atoms with van der Waals surface area (Å²) < 4.78 is 36.0. The highest BCUT2D eigenvalue weighted by molar-refractivity contribution is 7.70. The highest BCUT2D eigenvalue weighted by atomic mass is 31.2. The number of rotatable bonds is 10. The van der Waals surface area contributed by atoms with Crippen molar-refractivity contribution < 1.29 is 28.3 Å². The number of amides is 2. The normalized spacial score (nSPS) is 11.6. The number of hydrogen-bond donors (Lipinski definition) is 2. The summed E-state index contributed by atoms with van der Waals surface area (Å²) in [5.74, 6) is 3.26. The second kappa shape index (κ2) is 14.0. The number of nitrogens with zero attached hydrogens (tertiary/aromatic N) is 2. The van der Waals surface area contributed by atoms with E-state index < -0.39 is 13.2 Å². The topological polar surface area (TPSA) is 121 Å². The number of fused-ring (bicyclic) bond motifs is 1. The second-order valence-electron chi connectivity index (χ2n) is 12.7. The van der Waals surface area contributed by atoms with E-state index in [1.807, 2.05) is 54.6 Å². The molecule has 1 aromatic heterocycles. The zero-order valence-corrected chi connectivity index (χ0v) is 29.4. The van der Waals surface area contributed by atoms with Gasteiger partial charge in [-0.15, -0.1) is 0 Å². The van der Waals surface area contributed by atoms with Crippen molar-refractivity contribution in [3.8, 4) is 28.9 Å². The first-order valence-electron chi connectivity index (χ1n) is 15.4. The van der Waals surface area contributed by atoms with Crippen LogP contribution < -0.4 is 34.9 Å². The van der Waals surface area contributed by atoms with Gasteiger partial charge in [-0.2, -0.15) is 4.98 Å². The van der Waals surface area contributed by atoms with Gasteiger partial charge in [-0.1, -0.05) is 45.0 Å². The number of nitrogens with one attached hydrogen (secondary N) is 2. The van der Waals surface area contributed by atoms with Gasteiger partial charge in [-0.25, -0.2) is 9.78 Å². The first kappa shape index (κ1) is 34.3. The number of urea groups is 1. The summed E-state index contributed by atoms with van der Waals surface area (Å²) in [5, 5.41) is 8.03. The molecule has 0 aliphatic carbocycles. The van der Waals surface area contributed by atoms with E-state index in [1.54, 1.807) is 51.9 Å². The molecular weight excluding hydrogens is 627 g/mol. The fraction of sp³-hybridized carbons (Fsp3) is 0.270. The molecule has 0 aliphatic heterocycles. The maximum absolute atomic E-state index is 13.4. The second-order valence-corrected chi connectivity index (χ2v) is 15.9. The average Bonchev–Trinajstić information content (AvgIpc) is 3.04. The zero-order valence-electron chi connectivity index (χ0n) is 28.5. The van der Waals surface area contributed by atoms with Gasteiger partial charge < -0.3 is 34.1 Å². The van der Waals surface area contributed by atoms with Crippen LogP contribution in [0.5, 0.6) is 28.9 Å². The molecule has 2 amide bonds. The summed E-state index contributed by atoms with van der Waals surface area (Å²) in [7, 11) is 2.00. The van der Waals surface area contributed by atoms with Gasteiger partial charge in [0.15, 0.2) is 5.75 Å². The summed E-state index contributed by atoms with van der Waals surface area (Å²) in [6, 6.07) is 21.8. The third kappa shape index (κ3) is 7.89. The van der Waals surface area contributed by atoms with E-state index in [4.69, 9.17) is 18.9 Å². The lowest BCUT2D eigenvalue weighted by Crippen LogP contribution is -2.23. The van der Waals surface area contributed by atoms with Gasteiger partial charge >= 0.3 is 6.03 Å². The Kier molecular flexibility index (Phi) is 9.96. The van der Waals surface area contributed by atoms with Crippen LogP contribution in [0.3, 0.4) is 0 Å². The number of ether oxygens (including phenoxy) is 4. The van der Waals surface area contributed by atoms with Crippen LogP contribution in [0, 0.1) is 0 Å². The van der Waals surface area contributed by atoms with E-state index in [0.717, 1.165) is 21.9 Å². The maximum Gasteiger partial charge on any atom is 0.323 e. The smallest absolute Gasteiger partial charge is 0.323 e. The maximum atomic E-state index is 13.4. The summed E-state index contributed by atoms with van der Waals surface area (Å²) in [4.78, 5) is 22.5. The Hall–Kier alpha value is -5.08. The molecule has 0 radical (unpaired) electrons. The molecule has 0 atom stereocenters. The van der Waals surface area contributed by atoms with Crippen LogP contribution in [-0.2, 0) is 16.4 Å². The Morgan fingerprint density at radius 2 is 1.48 bits per heavy atom. The highest BCUT2D eigenvalue weighted by Gasteiger charge is 2.26. The molecule has 48 heavy (non-hydrogen) atoms. The number of anilines is 2. The van der Waals surface area contributed by atoms with E-state index in [9.17, 15) is 9.36 Å². The molecule has 250 valence electrons. The van der Waals surface area contributed by atoms with Gasteiger partial charge in [0.05, 0.1) is 38.0 Å². The molecule has 2 N–H and O–H groups in total. The largest absolute Gasteiger partial charge is 0.497 e. The van der Waals surface area contributed by atoms with Crippen molar-refractivity contribution >= 4 is 40.6 Å². The van der Waals surface area contributed by atoms with Gasteiger partial charge in [0.2, 0.25) is 5.88 Å². The van der Waals surface area contributed by atoms with Gasteiger partial charge in [0.1, 0.15) is 30.2 Å². The standard InChI is InChI=1S/C37H41N4O6P/c1-37(2,3)24-20-30(35(46-6)32(21-24)48(7,8)43)40-36(42)39-29-13-14-31(28-12-10-9-11-27(28)29)47-34-15-16-38-33(41-34)19-23-17-25(44-4)22-26(18-23)45-5/h9-18,20-22H,19H2,1-8H3,(H2,39,40,42). The van der Waals surface area contributed by atoms with Crippen LogP contribution in [0.4, 0.5) is 16.2 Å². The lowest BCUT2D eigenvalue weighted by Gasteiger charge is -2.25. The number of methoxy groups -OCH3 is 3. The van der Waals surface area contributed by atoms with Crippen LogP contribution >= 0.6 is 7.14 Å². The van der Waals surface area contributed by atoms with Gasteiger partial charge in [-0.05, 0) is 66.3 Å². The predicted octanol–water partition coefficient (Wildman–Crippen LogP) is 8.23. The van der Waals surface area contributed by atoms with E-state index in [1.165, 1.54) is 7.11 Å². The molecule has 10 nitrogen and oxygen atoms in total. The number of benzene rings is 4. The van der Waals surface area contributed by atoms with Crippen molar-refractivity contribution in [1.82, 2.24) is 9.97 Å². The number of carbonyl (C=O) groups excluding carboxylic acids is 1. The molecule has 0 bridgehead atoms. The van der Waals surface area contributed by atoms with Crippen LogP contribution in [0.15, 0.2) is 79.0 Å². The van der Waals surface area contributed by atoms with Gasteiger partial charge in [0.25, 0.3) is 0 Å². The molecule has 0 aliphatic rings. The lowest BCUT2D eigenvalue weighted by atomic mass is 9.86. The van der Waals surface area contributed by atoms with Crippen molar-refractivity contribution in [3.05, 3.63) is 95.9 Å². The minimum atomic E-state index is -2.73. The van der Waals surface area contributed by atoms with Gasteiger partial charge in [0, 0.05) is 35.5 Å². The lowest BCUT2D eigenvalue weighted by molar-refractivity contribution is 0.262. The molecule has 5 rings (SSSR count). The van der Waals surface area contributed by atoms with Crippen LogP contribution in [0.25, 0.3) is 10.8 Å². The third-order valence-corrected chi connectivity index (χ3v) is 9.26. The SMILES string of the molecule is COc1cc(Cc2nccc(Oc3ccc(NC(=O)Nc4cc(C(C)(C)C)cc(P(C)(C)=O)c4OC)c4ccccc34)n2)cc(OC)c1. The first-order chi connectivity index (χ1) is 22.8. The van der Waals surface area contributed by atoms with E-state index in [-0.39, 0.29) is 5.41 Å².